The van der Waals surface area contributed by atoms with E-state index in [-0.39, 0.29) is 0 Å². The van der Waals surface area contributed by atoms with Gasteiger partial charge in [0.05, 0.1) is 0 Å². The fraction of sp³-hybridized carbons (Fsp3) is 0.727. The zero-order valence-corrected chi connectivity index (χ0v) is 8.81. The molecule has 0 fully saturated rings. The highest BCUT2D eigenvalue weighted by molar-refractivity contribution is 5.45. The van der Waals surface area contributed by atoms with Gasteiger partial charge in [0.15, 0.2) is 5.82 Å². The molecule has 0 radical (unpaired) electrons. The van der Waals surface area contributed by atoms with E-state index >= 15 is 0 Å². The van der Waals surface area contributed by atoms with Crippen molar-refractivity contribution < 1.29 is 4.52 Å². The minimum Gasteiger partial charge on any atom is -0.367 e. The second kappa shape index (κ2) is 4.49. The van der Waals surface area contributed by atoms with Gasteiger partial charge in [-0.15, -0.1) is 0 Å². The van der Waals surface area contributed by atoms with Crippen LogP contribution < -0.4 is 5.32 Å². The summed E-state index contributed by atoms with van der Waals surface area (Å²) in [6.45, 7) is 3.14. The summed E-state index contributed by atoms with van der Waals surface area (Å²) in [5.74, 6) is 2.10. The predicted octanol–water partition coefficient (Wildman–Crippen LogP) is 2.77. The van der Waals surface area contributed by atoms with E-state index in [1.807, 2.05) is 0 Å². The molecule has 14 heavy (non-hydrogen) atoms. The van der Waals surface area contributed by atoms with Gasteiger partial charge in [-0.05, 0) is 25.7 Å². The maximum atomic E-state index is 5.35. The number of rotatable bonds is 3. The molecule has 0 aliphatic heterocycles. The minimum atomic E-state index is 0.985. The molecule has 2 rings (SSSR count). The van der Waals surface area contributed by atoms with Gasteiger partial charge in [-0.3, -0.25) is 0 Å². The number of anilines is 1. The first kappa shape index (κ1) is 9.56. The molecule has 1 aliphatic carbocycles. The molecule has 0 unspecified atom stereocenters. The third-order valence-electron chi connectivity index (χ3n) is 2.74. The van der Waals surface area contributed by atoms with E-state index in [1.54, 1.807) is 0 Å². The Morgan fingerprint density at radius 1 is 1.29 bits per heavy atom. The van der Waals surface area contributed by atoms with E-state index in [0.717, 1.165) is 37.4 Å². The number of aromatic nitrogens is 1. The lowest BCUT2D eigenvalue weighted by molar-refractivity contribution is 0.382. The monoisotopic (exact) mass is 194 g/mol. The second-order valence-corrected chi connectivity index (χ2v) is 3.92. The van der Waals surface area contributed by atoms with Crippen molar-refractivity contribution >= 4 is 5.82 Å². The molecule has 1 aromatic heterocycles. The Labute approximate surface area is 84.9 Å². The van der Waals surface area contributed by atoms with Crippen LogP contribution in [0.4, 0.5) is 5.82 Å². The summed E-state index contributed by atoms with van der Waals surface area (Å²) in [5, 5.41) is 7.42. The molecule has 0 aromatic carbocycles. The maximum Gasteiger partial charge on any atom is 0.172 e. The van der Waals surface area contributed by atoms with Gasteiger partial charge in [0.2, 0.25) is 0 Å². The molecule has 78 valence electrons. The van der Waals surface area contributed by atoms with Gasteiger partial charge in [0.25, 0.3) is 0 Å². The van der Waals surface area contributed by atoms with Crippen molar-refractivity contribution in [3.63, 3.8) is 0 Å². The van der Waals surface area contributed by atoms with Crippen LogP contribution in [0.5, 0.6) is 0 Å². The molecular weight excluding hydrogens is 176 g/mol. The van der Waals surface area contributed by atoms with Gasteiger partial charge in [-0.2, -0.15) is 0 Å². The lowest BCUT2D eigenvalue weighted by Gasteiger charge is -2.02. The molecule has 3 heteroatoms. The predicted molar refractivity (Wildman–Crippen MR) is 56.5 cm³/mol. The third-order valence-corrected chi connectivity index (χ3v) is 2.74. The van der Waals surface area contributed by atoms with Crippen molar-refractivity contribution in [2.24, 2.45) is 0 Å². The first-order valence-electron chi connectivity index (χ1n) is 5.63. The summed E-state index contributed by atoms with van der Waals surface area (Å²) in [4.78, 5) is 0. The van der Waals surface area contributed by atoms with Gasteiger partial charge in [-0.25, -0.2) is 0 Å². The van der Waals surface area contributed by atoms with Gasteiger partial charge in [0.1, 0.15) is 5.76 Å². The number of hydrogen-bond acceptors (Lipinski definition) is 3. The Morgan fingerprint density at radius 2 is 2.14 bits per heavy atom. The molecular formula is C11H18N2O. The number of fused-ring (bicyclic) bond motifs is 1. The maximum absolute atomic E-state index is 5.35. The summed E-state index contributed by atoms with van der Waals surface area (Å²) in [5.41, 5.74) is 1.33. The lowest BCUT2D eigenvalue weighted by atomic mass is 10.1. The van der Waals surface area contributed by atoms with Crippen molar-refractivity contribution in [3.8, 4) is 0 Å². The molecule has 0 amide bonds. The Kier molecular flexibility index (Phi) is 3.07. The van der Waals surface area contributed by atoms with Crippen molar-refractivity contribution in [1.82, 2.24) is 5.16 Å². The summed E-state index contributed by atoms with van der Waals surface area (Å²) in [6.07, 6.45) is 7.16. The third kappa shape index (κ3) is 1.91. The SMILES string of the molecule is CCCNc1noc2c1CCCCC2. The fourth-order valence-electron chi connectivity index (χ4n) is 1.94. The highest BCUT2D eigenvalue weighted by Crippen LogP contribution is 2.26. The van der Waals surface area contributed by atoms with Crippen LogP contribution in [0.1, 0.15) is 43.9 Å². The zero-order chi connectivity index (χ0) is 9.80. The van der Waals surface area contributed by atoms with Crippen LogP contribution in [0.25, 0.3) is 0 Å². The fourth-order valence-corrected chi connectivity index (χ4v) is 1.94. The molecule has 0 saturated carbocycles. The summed E-state index contributed by atoms with van der Waals surface area (Å²) < 4.78 is 5.35. The van der Waals surface area contributed by atoms with E-state index in [0.29, 0.717) is 0 Å². The molecule has 0 spiro atoms. The van der Waals surface area contributed by atoms with E-state index in [9.17, 15) is 0 Å². The Bertz CT molecular complexity index is 293. The van der Waals surface area contributed by atoms with Crippen LogP contribution in [0, 0.1) is 0 Å². The lowest BCUT2D eigenvalue weighted by Crippen LogP contribution is -2.02. The average Bonchev–Trinajstić information content (AvgIpc) is 2.45. The first-order valence-corrected chi connectivity index (χ1v) is 5.63. The quantitative estimate of drug-likeness (QED) is 0.752. The van der Waals surface area contributed by atoms with E-state index in [1.165, 1.54) is 24.8 Å². The van der Waals surface area contributed by atoms with Gasteiger partial charge >= 0.3 is 0 Å². The Morgan fingerprint density at radius 3 is 3.00 bits per heavy atom. The standard InChI is InChI=1S/C11H18N2O/c1-2-8-12-11-9-6-4-3-5-7-10(9)14-13-11/h2-8H2,1H3,(H,12,13). The molecule has 3 nitrogen and oxygen atoms in total. The molecule has 1 N–H and O–H groups in total. The van der Waals surface area contributed by atoms with Crippen molar-refractivity contribution in [3.05, 3.63) is 11.3 Å². The van der Waals surface area contributed by atoms with Crippen molar-refractivity contribution in [2.75, 3.05) is 11.9 Å². The van der Waals surface area contributed by atoms with Crippen molar-refractivity contribution in [1.29, 1.82) is 0 Å². The van der Waals surface area contributed by atoms with Crippen LogP contribution in [0.2, 0.25) is 0 Å². The first-order chi connectivity index (χ1) is 6.92. The molecule has 0 bridgehead atoms. The van der Waals surface area contributed by atoms with Crippen LogP contribution in [0.15, 0.2) is 4.52 Å². The Balaban J connectivity index is 2.12. The van der Waals surface area contributed by atoms with E-state index < -0.39 is 0 Å². The van der Waals surface area contributed by atoms with Gasteiger partial charge < -0.3 is 9.84 Å². The minimum absolute atomic E-state index is 0.985. The van der Waals surface area contributed by atoms with E-state index in [4.69, 9.17) is 4.52 Å². The zero-order valence-electron chi connectivity index (χ0n) is 8.81. The molecule has 1 heterocycles. The van der Waals surface area contributed by atoms with Crippen LogP contribution >= 0.6 is 0 Å². The molecule has 1 aromatic rings. The summed E-state index contributed by atoms with van der Waals surface area (Å²) >= 11 is 0. The average molecular weight is 194 g/mol. The number of nitrogens with zero attached hydrogens (tertiary/aromatic N) is 1. The van der Waals surface area contributed by atoms with Crippen LogP contribution in [-0.2, 0) is 12.8 Å². The molecule has 1 aliphatic rings. The second-order valence-electron chi connectivity index (χ2n) is 3.92. The van der Waals surface area contributed by atoms with Crippen molar-refractivity contribution in [2.45, 2.75) is 45.4 Å². The summed E-state index contributed by atoms with van der Waals surface area (Å²) in [7, 11) is 0. The highest BCUT2D eigenvalue weighted by atomic mass is 16.5. The largest absolute Gasteiger partial charge is 0.367 e. The number of nitrogens with one attached hydrogen (secondary N) is 1. The topological polar surface area (TPSA) is 38.1 Å². The van der Waals surface area contributed by atoms with Gasteiger partial charge in [0, 0.05) is 18.5 Å². The molecule has 0 atom stereocenters. The van der Waals surface area contributed by atoms with Crippen LogP contribution in [0.3, 0.4) is 0 Å². The highest BCUT2D eigenvalue weighted by Gasteiger charge is 2.17. The summed E-state index contributed by atoms with van der Waals surface area (Å²) in [6, 6.07) is 0. The van der Waals surface area contributed by atoms with Gasteiger partial charge in [-0.1, -0.05) is 18.5 Å². The number of hydrogen-bond donors (Lipinski definition) is 1. The molecule has 0 saturated heterocycles. The smallest absolute Gasteiger partial charge is 0.172 e. The van der Waals surface area contributed by atoms with Crippen LogP contribution in [-0.4, -0.2) is 11.7 Å². The number of aryl methyl sites for hydroxylation is 1. The van der Waals surface area contributed by atoms with E-state index in [2.05, 4.69) is 17.4 Å². The normalized spacial score (nSPS) is 16.1. The Hall–Kier alpha value is -0.990.